The Balaban J connectivity index is 2.02. The van der Waals surface area contributed by atoms with Crippen LogP contribution in [0.5, 0.6) is 0 Å². The fraction of sp³-hybridized carbons (Fsp3) is 0.133. The number of amides is 2. The molecule has 0 fully saturated rings. The Kier molecular flexibility index (Phi) is 5.67. The van der Waals surface area contributed by atoms with Gasteiger partial charge >= 0.3 is 12.0 Å². The monoisotopic (exact) mass is 379 g/mol. The van der Waals surface area contributed by atoms with E-state index in [0.29, 0.717) is 11.4 Å². The van der Waals surface area contributed by atoms with Gasteiger partial charge in [0.25, 0.3) is 0 Å². The van der Waals surface area contributed by atoms with Gasteiger partial charge in [-0.15, -0.1) is 0 Å². The second-order valence-corrected chi connectivity index (χ2v) is 5.34. The molecule has 120 valence electrons. The minimum Gasteiger partial charge on any atom is -0.479 e. The smallest absolute Gasteiger partial charge is 0.339 e. The largest absolute Gasteiger partial charge is 0.479 e. The maximum atomic E-state index is 11.9. The maximum Gasteiger partial charge on any atom is 0.339 e. The van der Waals surface area contributed by atoms with Crippen LogP contribution < -0.4 is 10.6 Å². The number of benzene rings is 1. The normalized spacial score (nSPS) is 11.6. The van der Waals surface area contributed by atoms with Crippen molar-refractivity contribution in [2.45, 2.75) is 6.10 Å². The van der Waals surface area contributed by atoms with Crippen LogP contribution >= 0.6 is 15.9 Å². The van der Waals surface area contributed by atoms with Crippen molar-refractivity contribution in [3.05, 3.63) is 52.8 Å². The van der Waals surface area contributed by atoms with Crippen LogP contribution in [0.15, 0.2) is 47.1 Å². The quantitative estimate of drug-likeness (QED) is 0.739. The van der Waals surface area contributed by atoms with Crippen molar-refractivity contribution in [1.29, 1.82) is 0 Å². The first-order valence-corrected chi connectivity index (χ1v) is 7.34. The summed E-state index contributed by atoms with van der Waals surface area (Å²) in [7, 11) is 1.29. The average Bonchev–Trinajstić information content (AvgIpc) is 2.51. The summed E-state index contributed by atoms with van der Waals surface area (Å²) < 4.78 is 5.60. The van der Waals surface area contributed by atoms with Crippen LogP contribution in [0.25, 0.3) is 0 Å². The van der Waals surface area contributed by atoms with Gasteiger partial charge in [0, 0.05) is 11.6 Å². The molecule has 1 aromatic carbocycles. The summed E-state index contributed by atoms with van der Waals surface area (Å²) in [6.45, 7) is 0. The number of ether oxygens (including phenoxy) is 1. The Labute approximate surface area is 140 Å². The van der Waals surface area contributed by atoms with Crippen molar-refractivity contribution in [1.82, 2.24) is 4.98 Å². The summed E-state index contributed by atoms with van der Waals surface area (Å²) in [6, 6.07) is 9.79. The lowest BCUT2D eigenvalue weighted by atomic mass is 10.2. The van der Waals surface area contributed by atoms with Gasteiger partial charge in [-0.05, 0) is 40.2 Å². The summed E-state index contributed by atoms with van der Waals surface area (Å²) in [6.07, 6.45) is 0.224. The van der Waals surface area contributed by atoms with Gasteiger partial charge in [-0.2, -0.15) is 0 Å². The number of carboxylic acids is 1. The molecule has 7 nitrogen and oxygen atoms in total. The summed E-state index contributed by atoms with van der Waals surface area (Å²) >= 11 is 3.33. The predicted octanol–water partition coefficient (Wildman–Crippen LogP) is 3.26. The van der Waals surface area contributed by atoms with E-state index in [0.717, 1.165) is 4.47 Å². The molecule has 0 saturated carbocycles. The van der Waals surface area contributed by atoms with Gasteiger partial charge in [0.1, 0.15) is 0 Å². The molecule has 0 spiro atoms. The zero-order chi connectivity index (χ0) is 16.8. The van der Waals surface area contributed by atoms with Crippen molar-refractivity contribution in [3.8, 4) is 0 Å². The van der Waals surface area contributed by atoms with Crippen molar-refractivity contribution >= 4 is 39.3 Å². The highest BCUT2D eigenvalue weighted by atomic mass is 79.9. The highest BCUT2D eigenvalue weighted by Gasteiger charge is 2.20. The Morgan fingerprint density at radius 3 is 2.52 bits per heavy atom. The molecular weight excluding hydrogens is 366 g/mol. The third-order valence-corrected chi connectivity index (χ3v) is 3.59. The highest BCUT2D eigenvalue weighted by molar-refractivity contribution is 9.10. The molecule has 0 aliphatic carbocycles. The number of halogens is 1. The van der Waals surface area contributed by atoms with E-state index >= 15 is 0 Å². The van der Waals surface area contributed by atoms with Gasteiger partial charge in [0.2, 0.25) is 0 Å². The average molecular weight is 380 g/mol. The number of para-hydroxylation sites is 1. The van der Waals surface area contributed by atoms with Crippen molar-refractivity contribution in [3.63, 3.8) is 0 Å². The summed E-state index contributed by atoms with van der Waals surface area (Å²) in [5.74, 6) is -1.13. The number of carbonyl (C=O) groups excluding carboxylic acids is 1. The number of methoxy groups -OCH3 is 1. The van der Waals surface area contributed by atoms with E-state index in [1.54, 1.807) is 18.2 Å². The van der Waals surface area contributed by atoms with E-state index in [9.17, 15) is 9.59 Å². The third kappa shape index (κ3) is 4.51. The Hall–Kier alpha value is -2.45. The molecule has 2 amide bonds. The molecule has 0 radical (unpaired) electrons. The molecule has 1 heterocycles. The van der Waals surface area contributed by atoms with Gasteiger partial charge in [-0.1, -0.05) is 12.1 Å². The van der Waals surface area contributed by atoms with Gasteiger partial charge in [0.05, 0.1) is 23.3 Å². The molecule has 1 aromatic heterocycles. The number of hydrogen-bond acceptors (Lipinski definition) is 4. The number of nitrogens with one attached hydrogen (secondary N) is 2. The Morgan fingerprint density at radius 1 is 1.22 bits per heavy atom. The number of carboxylic acid groups (broad SMARTS) is 1. The van der Waals surface area contributed by atoms with Crippen molar-refractivity contribution in [2.24, 2.45) is 0 Å². The minimum atomic E-state index is -1.14. The summed E-state index contributed by atoms with van der Waals surface area (Å²) in [5.41, 5.74) is 1.30. The molecule has 23 heavy (non-hydrogen) atoms. The number of carbonyl (C=O) groups is 2. The Bertz CT molecular complexity index is 706. The van der Waals surface area contributed by atoms with Crippen LogP contribution in [0.1, 0.15) is 11.8 Å². The lowest BCUT2D eigenvalue weighted by Crippen LogP contribution is -2.20. The van der Waals surface area contributed by atoms with Crippen molar-refractivity contribution < 1.29 is 19.4 Å². The molecule has 1 unspecified atom stereocenters. The molecular formula is C15H14BrN3O4. The summed E-state index contributed by atoms with van der Waals surface area (Å²) in [5, 5.41) is 14.3. The first-order valence-electron chi connectivity index (χ1n) is 6.55. The predicted molar refractivity (Wildman–Crippen MR) is 88.4 cm³/mol. The van der Waals surface area contributed by atoms with Crippen LogP contribution in [0.2, 0.25) is 0 Å². The zero-order valence-electron chi connectivity index (χ0n) is 12.1. The molecule has 2 aromatic rings. The second kappa shape index (κ2) is 7.70. The highest BCUT2D eigenvalue weighted by Crippen LogP contribution is 2.21. The maximum absolute atomic E-state index is 11.9. The number of aliphatic carboxylic acids is 1. The molecule has 8 heteroatoms. The van der Waals surface area contributed by atoms with Gasteiger partial charge in [-0.3, -0.25) is 4.98 Å². The molecule has 0 aliphatic heterocycles. The fourth-order valence-electron chi connectivity index (χ4n) is 1.83. The lowest BCUT2D eigenvalue weighted by molar-refractivity contribution is -0.149. The SMILES string of the molecule is COC(C(=O)O)c1ccc(NC(=O)Nc2ccccc2Br)cn1. The number of urea groups is 1. The van der Waals surface area contributed by atoms with Crippen LogP contribution in [-0.4, -0.2) is 29.2 Å². The first kappa shape index (κ1) is 16.9. The molecule has 0 bridgehead atoms. The molecule has 0 saturated heterocycles. The van der Waals surface area contributed by atoms with Gasteiger partial charge in [0.15, 0.2) is 6.10 Å². The van der Waals surface area contributed by atoms with E-state index in [1.807, 2.05) is 12.1 Å². The number of hydrogen-bond donors (Lipinski definition) is 3. The van der Waals surface area contributed by atoms with Crippen LogP contribution in [0, 0.1) is 0 Å². The van der Waals surface area contributed by atoms with Crippen LogP contribution in [0.4, 0.5) is 16.2 Å². The van der Waals surface area contributed by atoms with Gasteiger partial charge in [-0.25, -0.2) is 9.59 Å². The number of rotatable bonds is 5. The zero-order valence-corrected chi connectivity index (χ0v) is 13.7. The first-order chi connectivity index (χ1) is 11.0. The van der Waals surface area contributed by atoms with Crippen LogP contribution in [0.3, 0.4) is 0 Å². The van der Waals surface area contributed by atoms with E-state index < -0.39 is 18.1 Å². The topological polar surface area (TPSA) is 101 Å². The number of pyridine rings is 1. The fourth-order valence-corrected chi connectivity index (χ4v) is 2.21. The minimum absolute atomic E-state index is 0.247. The van der Waals surface area contributed by atoms with Crippen molar-refractivity contribution in [2.75, 3.05) is 17.7 Å². The third-order valence-electron chi connectivity index (χ3n) is 2.89. The van der Waals surface area contributed by atoms with E-state index in [2.05, 4.69) is 31.5 Å². The number of nitrogens with zero attached hydrogens (tertiary/aromatic N) is 1. The number of anilines is 2. The molecule has 3 N–H and O–H groups in total. The van der Waals surface area contributed by atoms with Crippen LogP contribution in [-0.2, 0) is 9.53 Å². The second-order valence-electron chi connectivity index (χ2n) is 4.48. The lowest BCUT2D eigenvalue weighted by Gasteiger charge is -2.11. The standard InChI is InChI=1S/C15H14BrN3O4/c1-23-13(14(20)21)12-7-6-9(8-17-12)18-15(22)19-11-5-3-2-4-10(11)16/h2-8,13H,1H3,(H,20,21)(H2,18,19,22). The van der Waals surface area contributed by atoms with E-state index in [-0.39, 0.29) is 5.69 Å². The summed E-state index contributed by atoms with van der Waals surface area (Å²) in [4.78, 5) is 26.9. The van der Waals surface area contributed by atoms with Gasteiger partial charge < -0.3 is 20.5 Å². The van der Waals surface area contributed by atoms with E-state index in [1.165, 1.54) is 19.4 Å². The van der Waals surface area contributed by atoms with E-state index in [4.69, 9.17) is 9.84 Å². The Morgan fingerprint density at radius 2 is 1.96 bits per heavy atom. The molecule has 0 aliphatic rings. The molecule has 2 rings (SSSR count). The molecule has 1 atom stereocenters. The number of aromatic nitrogens is 1.